The molecule has 0 radical (unpaired) electrons. The van der Waals surface area contributed by atoms with Crippen molar-refractivity contribution in [2.24, 2.45) is 11.8 Å². The normalized spacial score (nSPS) is 16.4. The molecular weight excluding hydrogens is 1190 g/mol. The van der Waals surface area contributed by atoms with Crippen LogP contribution < -0.4 is 18.9 Å². The molecule has 470 valence electrons. The molecule has 2 fully saturated rings. The zero-order valence-corrected chi connectivity index (χ0v) is 51.9. The minimum atomic E-state index is -1.08. The van der Waals surface area contributed by atoms with E-state index in [-0.39, 0.29) is 34.5 Å². The Balaban J connectivity index is 0.891. The van der Waals surface area contributed by atoms with Gasteiger partial charge in [0.1, 0.15) is 58.0 Å². The Kier molecular flexibility index (Phi) is 23.8. The van der Waals surface area contributed by atoms with Gasteiger partial charge < -0.3 is 28.4 Å². The fourth-order valence-corrected chi connectivity index (χ4v) is 14.1. The van der Waals surface area contributed by atoms with E-state index in [1.807, 2.05) is 24.3 Å². The van der Waals surface area contributed by atoms with E-state index in [4.69, 9.17) is 28.4 Å². The first kappa shape index (κ1) is 66.1. The number of hydrogen-bond acceptors (Lipinski definition) is 14. The Morgan fingerprint density at radius 1 is 0.467 bits per heavy atom. The second kappa shape index (κ2) is 32.4. The summed E-state index contributed by atoms with van der Waals surface area (Å²) >= 11 is 2.08. The van der Waals surface area contributed by atoms with E-state index in [1.165, 1.54) is 12.2 Å². The molecule has 0 saturated heterocycles. The van der Waals surface area contributed by atoms with E-state index in [0.717, 1.165) is 147 Å². The van der Waals surface area contributed by atoms with Crippen LogP contribution >= 0.6 is 22.7 Å². The van der Waals surface area contributed by atoms with Gasteiger partial charge in [0.15, 0.2) is 11.5 Å². The van der Waals surface area contributed by atoms with Crippen molar-refractivity contribution in [2.45, 2.75) is 140 Å². The van der Waals surface area contributed by atoms with Gasteiger partial charge in [-0.2, -0.15) is 10.5 Å². The van der Waals surface area contributed by atoms with Crippen molar-refractivity contribution in [3.05, 3.63) is 156 Å². The lowest BCUT2D eigenvalue weighted by Crippen LogP contribution is -2.25. The summed E-state index contributed by atoms with van der Waals surface area (Å²) in [6, 6.07) is 26.6. The predicted molar refractivity (Wildman–Crippen MR) is 340 cm³/mol. The lowest BCUT2D eigenvalue weighted by atomic mass is 9.79. The van der Waals surface area contributed by atoms with Crippen LogP contribution in [0.2, 0.25) is 0 Å². The molecule has 0 amide bonds. The number of nitrogens with zero attached hydrogens (tertiary/aromatic N) is 2. The van der Waals surface area contributed by atoms with Gasteiger partial charge in [0.2, 0.25) is 0 Å². The SMILES string of the molecule is C=CC(=O)OCCCCCCCCOc1ccc(C2CCC(C(=O)Oc3c4cc(-c5cc(F)c(C#N)c(F)c5)sc4c(OC(=O)C4CCC(c5ccc(OCCCCCCCCOC(=O)C=C)cc5)CC4)c4cc(-c5cc(F)c(C#N)c(F)c5)sc34)CC2)cc1. The third-order valence-corrected chi connectivity index (χ3v) is 19.3. The number of hydrogen-bond donors (Lipinski definition) is 0. The molecular formula is C72H72F4N2O10S2. The molecule has 12 nitrogen and oxygen atoms in total. The quantitative estimate of drug-likeness (QED) is 0.0137. The molecule has 2 aliphatic rings. The summed E-state index contributed by atoms with van der Waals surface area (Å²) in [5.41, 5.74) is 0.916. The van der Waals surface area contributed by atoms with E-state index >= 15 is 17.6 Å². The van der Waals surface area contributed by atoms with Crippen LogP contribution in [-0.2, 0) is 28.7 Å². The second-order valence-electron chi connectivity index (χ2n) is 23.0. The Morgan fingerprint density at radius 2 is 0.789 bits per heavy atom. The highest BCUT2D eigenvalue weighted by atomic mass is 32.1. The van der Waals surface area contributed by atoms with E-state index in [9.17, 15) is 29.7 Å². The van der Waals surface area contributed by atoms with Crippen molar-refractivity contribution in [3.8, 4) is 56.0 Å². The first-order chi connectivity index (χ1) is 43.7. The van der Waals surface area contributed by atoms with Crippen molar-refractivity contribution in [1.29, 1.82) is 10.5 Å². The summed E-state index contributed by atoms with van der Waals surface area (Å²) in [5, 5.41) is 19.6. The Labute approximate surface area is 530 Å². The standard InChI is InChI=1S/C72H72F4N2O10S2/c1-3-65(79)85-35-15-11-7-5-9-13-33-83-53-29-25-47(26-30-53)45-17-21-49(22-18-45)71(81)87-67-55-41-63(51-37-59(73)57(43-77)60(74)38-51)90-70(55)68(56-42-64(89-69(56)67)52-39-61(75)58(44-78)62(76)40-52)88-72(82)50-23-19-46(20-24-50)48-27-31-54(32-28-48)84-34-14-10-6-8-12-16-36-86-66(80)4-2/h3-4,25-32,37-42,45-46,49-50H,1-2,5-24,33-36H2. The molecule has 2 aliphatic carbocycles. The van der Waals surface area contributed by atoms with Crippen molar-refractivity contribution in [3.63, 3.8) is 0 Å². The van der Waals surface area contributed by atoms with E-state index in [2.05, 4.69) is 37.4 Å². The molecule has 5 aromatic carbocycles. The van der Waals surface area contributed by atoms with Gasteiger partial charge in [0.25, 0.3) is 0 Å². The van der Waals surface area contributed by atoms with Crippen LogP contribution in [0.4, 0.5) is 17.6 Å². The molecule has 0 unspecified atom stereocenters. The minimum Gasteiger partial charge on any atom is -0.494 e. The molecule has 18 heteroatoms. The summed E-state index contributed by atoms with van der Waals surface area (Å²) in [7, 11) is 0. The van der Waals surface area contributed by atoms with Crippen LogP contribution in [-0.4, -0.2) is 50.3 Å². The third-order valence-electron chi connectivity index (χ3n) is 16.9. The van der Waals surface area contributed by atoms with Crippen molar-refractivity contribution in [2.75, 3.05) is 26.4 Å². The molecule has 2 saturated carbocycles. The van der Waals surface area contributed by atoms with Crippen LogP contribution in [0.25, 0.3) is 41.1 Å². The Morgan fingerprint density at radius 3 is 1.11 bits per heavy atom. The number of esters is 4. The monoisotopic (exact) mass is 1260 g/mol. The Hall–Kier alpha value is -8.32. The number of thiophene rings is 2. The first-order valence-electron chi connectivity index (χ1n) is 31.0. The van der Waals surface area contributed by atoms with E-state index in [0.29, 0.717) is 108 Å². The number of benzene rings is 5. The fraction of sp³-hybridized carbons (Fsp3) is 0.389. The van der Waals surface area contributed by atoms with Gasteiger partial charge in [-0.25, -0.2) is 27.2 Å². The van der Waals surface area contributed by atoms with Gasteiger partial charge in [0, 0.05) is 32.7 Å². The molecule has 0 aliphatic heterocycles. The zero-order valence-electron chi connectivity index (χ0n) is 50.2. The fourth-order valence-electron chi connectivity index (χ4n) is 11.9. The molecule has 7 aromatic rings. The average Bonchev–Trinajstić information content (AvgIpc) is 1.57. The van der Waals surface area contributed by atoms with Gasteiger partial charge >= 0.3 is 23.9 Å². The Bertz CT molecular complexity index is 3430. The number of halogens is 4. The molecule has 0 spiro atoms. The number of carbonyl (C=O) groups is 4. The largest absolute Gasteiger partial charge is 0.494 e. The van der Waals surface area contributed by atoms with Gasteiger partial charge in [-0.15, -0.1) is 22.7 Å². The highest BCUT2D eigenvalue weighted by molar-refractivity contribution is 7.24. The number of ether oxygens (including phenoxy) is 6. The van der Waals surface area contributed by atoms with E-state index in [1.54, 1.807) is 24.3 Å². The minimum absolute atomic E-state index is 0.0695. The van der Waals surface area contributed by atoms with Crippen molar-refractivity contribution >= 4 is 66.7 Å². The summed E-state index contributed by atoms with van der Waals surface area (Å²) in [6.45, 7) is 8.80. The zero-order chi connectivity index (χ0) is 63.5. The predicted octanol–water partition coefficient (Wildman–Crippen LogP) is 18.4. The summed E-state index contributed by atoms with van der Waals surface area (Å²) in [6.07, 6.45) is 18.9. The van der Waals surface area contributed by atoms with Gasteiger partial charge in [-0.3, -0.25) is 9.59 Å². The highest BCUT2D eigenvalue weighted by Crippen LogP contribution is 2.54. The maximum atomic E-state index is 15.3. The molecule has 2 heterocycles. The number of unbranched alkanes of at least 4 members (excludes halogenated alkanes) is 10. The van der Waals surface area contributed by atoms with Crippen LogP contribution in [0.5, 0.6) is 23.0 Å². The maximum Gasteiger partial charge on any atom is 0.330 e. The van der Waals surface area contributed by atoms with Crippen molar-refractivity contribution in [1.82, 2.24) is 0 Å². The van der Waals surface area contributed by atoms with Crippen LogP contribution in [0.3, 0.4) is 0 Å². The molecule has 2 aromatic heterocycles. The topological polar surface area (TPSA) is 171 Å². The molecule has 0 atom stereocenters. The number of carbonyl (C=O) groups excluding carboxylic acids is 4. The van der Waals surface area contributed by atoms with E-state index < -0.39 is 70.1 Å². The summed E-state index contributed by atoms with van der Waals surface area (Å²) in [4.78, 5) is 52.2. The van der Waals surface area contributed by atoms with Crippen LogP contribution in [0.1, 0.15) is 163 Å². The third kappa shape index (κ3) is 17.1. The van der Waals surface area contributed by atoms with Gasteiger partial charge in [-0.1, -0.05) is 88.8 Å². The van der Waals surface area contributed by atoms with Crippen LogP contribution in [0.15, 0.2) is 110 Å². The first-order valence-corrected chi connectivity index (χ1v) is 32.7. The number of nitriles is 2. The lowest BCUT2D eigenvalue weighted by Gasteiger charge is -2.28. The smallest absolute Gasteiger partial charge is 0.330 e. The molecule has 90 heavy (non-hydrogen) atoms. The average molecular weight is 1270 g/mol. The molecule has 9 rings (SSSR count). The number of fused-ring (bicyclic) bond motifs is 2. The summed E-state index contributed by atoms with van der Waals surface area (Å²) in [5.74, 6) is -5.14. The number of rotatable bonds is 30. The molecule has 0 bridgehead atoms. The highest BCUT2D eigenvalue weighted by Gasteiger charge is 2.34. The maximum absolute atomic E-state index is 15.3. The van der Waals surface area contributed by atoms with Gasteiger partial charge in [0.05, 0.1) is 47.7 Å². The van der Waals surface area contributed by atoms with Crippen LogP contribution in [0, 0.1) is 57.8 Å². The lowest BCUT2D eigenvalue weighted by molar-refractivity contribution is -0.140. The van der Waals surface area contributed by atoms with Crippen molar-refractivity contribution < 1.29 is 65.2 Å². The second-order valence-corrected chi connectivity index (χ2v) is 25.1. The molecule has 0 N–H and O–H groups in total. The van der Waals surface area contributed by atoms with Gasteiger partial charge in [-0.05, 0) is 172 Å². The summed E-state index contributed by atoms with van der Waals surface area (Å²) < 4.78 is 97.1.